The molecule has 33 heavy (non-hydrogen) atoms. The van der Waals surface area contributed by atoms with Crippen molar-refractivity contribution in [2.45, 2.75) is 27.2 Å². The first-order chi connectivity index (χ1) is 15.7. The van der Waals surface area contributed by atoms with Gasteiger partial charge in [-0.3, -0.25) is 4.98 Å². The van der Waals surface area contributed by atoms with E-state index < -0.39 is 10.9 Å². The topological polar surface area (TPSA) is 115 Å². The predicted octanol–water partition coefficient (Wildman–Crippen LogP) is 5.39. The summed E-state index contributed by atoms with van der Waals surface area (Å²) in [4.78, 5) is 18.4. The van der Waals surface area contributed by atoms with Crippen molar-refractivity contribution >= 4 is 28.3 Å². The SMILES string of the molecule is C/C=C(\N=C(\c1ccc(F)cc1)C(C)CC)[N+](O)(O)Nc1ccc(C(=O)O)c2cccnc12. The summed E-state index contributed by atoms with van der Waals surface area (Å²) in [5.41, 5.74) is 4.26. The number of hydrogen-bond donors (Lipinski definition) is 4. The second-order valence-corrected chi connectivity index (χ2v) is 7.54. The van der Waals surface area contributed by atoms with Gasteiger partial charge in [-0.05, 0) is 55.2 Å². The van der Waals surface area contributed by atoms with Gasteiger partial charge in [0.05, 0.1) is 21.7 Å². The number of hydrogen-bond acceptors (Lipinski definition) is 6. The lowest BCUT2D eigenvalue weighted by molar-refractivity contribution is -1.20. The van der Waals surface area contributed by atoms with Crippen molar-refractivity contribution < 1.29 is 29.6 Å². The fraction of sp³-hybridized carbons (Fsp3) is 0.208. The maximum absolute atomic E-state index is 13.4. The molecule has 9 heteroatoms. The number of hydroxylamine groups is 2. The summed E-state index contributed by atoms with van der Waals surface area (Å²) in [5.74, 6) is -1.69. The monoisotopic (exact) mass is 453 g/mol. The number of fused-ring (bicyclic) bond motifs is 1. The third-order valence-electron chi connectivity index (χ3n) is 5.31. The van der Waals surface area contributed by atoms with Crippen molar-refractivity contribution in [1.29, 1.82) is 0 Å². The number of halogens is 1. The number of quaternary nitrogens is 1. The Bertz CT molecular complexity index is 1220. The van der Waals surface area contributed by atoms with E-state index in [2.05, 4.69) is 15.4 Å². The van der Waals surface area contributed by atoms with Gasteiger partial charge in [-0.15, -0.1) is 10.4 Å². The molecule has 8 nitrogen and oxygen atoms in total. The van der Waals surface area contributed by atoms with Gasteiger partial charge in [-0.2, -0.15) is 10.4 Å². The highest BCUT2D eigenvalue weighted by molar-refractivity contribution is 6.06. The molecule has 2 aromatic carbocycles. The van der Waals surface area contributed by atoms with Crippen LogP contribution in [0.1, 0.15) is 43.1 Å². The van der Waals surface area contributed by atoms with Gasteiger partial charge in [0.25, 0.3) is 0 Å². The van der Waals surface area contributed by atoms with E-state index in [0.29, 0.717) is 16.7 Å². The van der Waals surface area contributed by atoms with E-state index in [4.69, 9.17) is 0 Å². The van der Waals surface area contributed by atoms with Crippen molar-refractivity contribution in [1.82, 2.24) is 4.98 Å². The lowest BCUT2D eigenvalue weighted by Gasteiger charge is -2.23. The van der Waals surface area contributed by atoms with Crippen LogP contribution < -0.4 is 5.43 Å². The van der Waals surface area contributed by atoms with Gasteiger partial charge >= 0.3 is 11.8 Å². The molecule has 0 aliphatic rings. The van der Waals surface area contributed by atoms with Crippen LogP contribution in [0.5, 0.6) is 0 Å². The van der Waals surface area contributed by atoms with Gasteiger partial charge in [0.2, 0.25) is 0 Å². The van der Waals surface area contributed by atoms with Gasteiger partial charge < -0.3 is 5.11 Å². The largest absolute Gasteiger partial charge is 0.478 e. The highest BCUT2D eigenvalue weighted by Crippen LogP contribution is 2.28. The van der Waals surface area contributed by atoms with E-state index >= 15 is 0 Å². The fourth-order valence-corrected chi connectivity index (χ4v) is 3.39. The highest BCUT2D eigenvalue weighted by atomic mass is 19.1. The summed E-state index contributed by atoms with van der Waals surface area (Å²) in [6.07, 6.45) is 3.63. The van der Waals surface area contributed by atoms with E-state index in [1.807, 2.05) is 13.8 Å². The highest BCUT2D eigenvalue weighted by Gasteiger charge is 2.33. The van der Waals surface area contributed by atoms with Gasteiger partial charge in [0.15, 0.2) is 0 Å². The number of nitrogens with one attached hydrogen (secondary N) is 1. The number of pyridine rings is 1. The van der Waals surface area contributed by atoms with Crippen LogP contribution in [0.15, 0.2) is 71.6 Å². The predicted molar refractivity (Wildman–Crippen MR) is 122 cm³/mol. The van der Waals surface area contributed by atoms with Crippen molar-refractivity contribution in [3.8, 4) is 0 Å². The minimum atomic E-state index is -1.81. The number of aliphatic imine (C=N–C) groups is 1. The van der Waals surface area contributed by atoms with Crippen LogP contribution in [-0.2, 0) is 0 Å². The van der Waals surface area contributed by atoms with E-state index in [0.717, 1.165) is 6.42 Å². The normalized spacial score (nSPS) is 13.8. The van der Waals surface area contributed by atoms with Crippen LogP contribution in [0.2, 0.25) is 0 Å². The number of carboxylic acids is 1. The van der Waals surface area contributed by atoms with Gasteiger partial charge in [-0.1, -0.05) is 32.0 Å². The number of benzene rings is 2. The molecule has 0 bridgehead atoms. The maximum atomic E-state index is 13.4. The molecule has 3 rings (SSSR count). The number of carboxylic acid groups (broad SMARTS) is 1. The smallest absolute Gasteiger partial charge is 0.336 e. The molecular weight excluding hydrogens is 427 g/mol. The summed E-state index contributed by atoms with van der Waals surface area (Å²) in [6.45, 7) is 5.51. The van der Waals surface area contributed by atoms with Crippen molar-refractivity contribution in [2.75, 3.05) is 5.43 Å². The summed E-state index contributed by atoms with van der Waals surface area (Å²) < 4.78 is 13.4. The molecule has 0 radical (unpaired) electrons. The van der Waals surface area contributed by atoms with Crippen LogP contribution >= 0.6 is 0 Å². The maximum Gasteiger partial charge on any atom is 0.336 e. The molecule has 0 saturated heterocycles. The number of aromatic nitrogens is 1. The standard InChI is InChI=1S/C24H25FN4O4/c1-4-15(3)22(16-8-10-17(25)11-9-16)27-21(5-2)29(32,33)28-20-13-12-19(24(30)31)18-7-6-14-26-23(18)20/h5-15,28,32-33H,4H2,1-3H3/p+1/b21-5+,27-22+. The fourth-order valence-electron chi connectivity index (χ4n) is 3.39. The second kappa shape index (κ2) is 9.86. The molecule has 3 aromatic rings. The molecule has 4 N–H and O–H groups in total. The molecule has 1 heterocycles. The van der Waals surface area contributed by atoms with Crippen molar-refractivity contribution in [3.63, 3.8) is 0 Å². The average Bonchev–Trinajstić information content (AvgIpc) is 2.79. The Balaban J connectivity index is 2.04. The zero-order valence-corrected chi connectivity index (χ0v) is 18.5. The number of anilines is 1. The Hall–Kier alpha value is -3.66. The van der Waals surface area contributed by atoms with Crippen molar-refractivity contribution in [2.24, 2.45) is 10.9 Å². The van der Waals surface area contributed by atoms with E-state index in [1.165, 1.54) is 36.5 Å². The first-order valence-electron chi connectivity index (χ1n) is 10.4. The zero-order chi connectivity index (χ0) is 24.2. The van der Waals surface area contributed by atoms with Crippen LogP contribution in [0.4, 0.5) is 10.1 Å². The molecule has 172 valence electrons. The first-order valence-corrected chi connectivity index (χ1v) is 10.4. The van der Waals surface area contributed by atoms with E-state index in [1.54, 1.807) is 31.2 Å². The molecule has 0 saturated carbocycles. The lowest BCUT2D eigenvalue weighted by atomic mass is 9.96. The lowest BCUT2D eigenvalue weighted by Crippen LogP contribution is -2.45. The zero-order valence-electron chi connectivity index (χ0n) is 18.5. The minimum Gasteiger partial charge on any atom is -0.478 e. The third kappa shape index (κ3) is 5.23. The summed E-state index contributed by atoms with van der Waals surface area (Å²) >= 11 is 0. The average molecular weight is 453 g/mol. The Morgan fingerprint density at radius 2 is 1.91 bits per heavy atom. The number of nitrogens with zero attached hydrogens (tertiary/aromatic N) is 3. The molecule has 0 aliphatic carbocycles. The molecule has 0 amide bonds. The van der Waals surface area contributed by atoms with Crippen LogP contribution in [0.3, 0.4) is 0 Å². The first kappa shape index (κ1) is 24.0. The van der Waals surface area contributed by atoms with E-state index in [9.17, 15) is 24.7 Å². The summed E-state index contributed by atoms with van der Waals surface area (Å²) in [7, 11) is 0. The van der Waals surface area contributed by atoms with Crippen LogP contribution in [0, 0.1) is 11.7 Å². The van der Waals surface area contributed by atoms with Gasteiger partial charge in [0.1, 0.15) is 11.5 Å². The molecule has 1 aromatic heterocycles. The molecular formula is C24H26FN4O4+. The third-order valence-corrected chi connectivity index (χ3v) is 5.31. The van der Waals surface area contributed by atoms with Crippen LogP contribution in [-0.4, -0.2) is 37.1 Å². The van der Waals surface area contributed by atoms with Crippen LogP contribution in [0.25, 0.3) is 10.9 Å². The van der Waals surface area contributed by atoms with Gasteiger partial charge in [-0.25, -0.2) is 9.18 Å². The number of rotatable bonds is 8. The molecule has 1 atom stereocenters. The van der Waals surface area contributed by atoms with E-state index in [-0.39, 0.29) is 34.3 Å². The minimum absolute atomic E-state index is 0.0391. The quantitative estimate of drug-likeness (QED) is 0.206. The molecule has 0 spiro atoms. The Labute approximate surface area is 190 Å². The molecule has 0 fully saturated rings. The summed E-state index contributed by atoms with van der Waals surface area (Å²) in [6, 6.07) is 11.8. The Morgan fingerprint density at radius 1 is 1.21 bits per heavy atom. The number of carbonyl (C=O) groups is 1. The molecule has 1 unspecified atom stereocenters. The summed E-state index contributed by atoms with van der Waals surface area (Å²) in [5, 5.41) is 31.5. The Kier molecular flexibility index (Phi) is 7.17. The molecule has 0 aliphatic heterocycles. The van der Waals surface area contributed by atoms with Crippen molar-refractivity contribution in [3.05, 3.63) is 83.6 Å². The second-order valence-electron chi connectivity index (χ2n) is 7.54. The number of allylic oxidation sites excluding steroid dienone is 1. The number of aromatic carboxylic acids is 1. The van der Waals surface area contributed by atoms with Gasteiger partial charge in [0, 0.05) is 17.7 Å². The Morgan fingerprint density at radius 3 is 2.52 bits per heavy atom.